The van der Waals surface area contributed by atoms with Gasteiger partial charge in [-0.3, -0.25) is 0 Å². The van der Waals surface area contributed by atoms with E-state index in [1.165, 1.54) is 0 Å². The topological polar surface area (TPSA) is 52.1 Å². The SMILES string of the molecule is [O-][n+]1c(-c2ccccc2)c(-c2ccccc2)n(O)c1-c1cccc(Cl)c1. The molecule has 0 aliphatic rings. The summed E-state index contributed by atoms with van der Waals surface area (Å²) in [6.45, 7) is 0. The van der Waals surface area contributed by atoms with Gasteiger partial charge in [-0.1, -0.05) is 78.3 Å². The molecule has 5 heteroatoms. The number of benzene rings is 3. The van der Waals surface area contributed by atoms with Gasteiger partial charge in [-0.25, -0.2) is 4.73 Å². The van der Waals surface area contributed by atoms with E-state index in [1.807, 2.05) is 60.7 Å². The number of hydrogen-bond donors (Lipinski definition) is 1. The highest BCUT2D eigenvalue weighted by Gasteiger charge is 2.31. The molecule has 0 unspecified atom stereocenters. The number of hydrogen-bond acceptors (Lipinski definition) is 2. The Balaban J connectivity index is 2.06. The molecule has 3 aromatic carbocycles. The lowest BCUT2D eigenvalue weighted by Crippen LogP contribution is -2.30. The summed E-state index contributed by atoms with van der Waals surface area (Å²) in [5.41, 5.74) is 2.81. The van der Waals surface area contributed by atoms with Gasteiger partial charge in [-0.2, -0.15) is 0 Å². The third-order valence-electron chi connectivity index (χ3n) is 4.21. The second-order valence-corrected chi connectivity index (χ2v) is 6.31. The summed E-state index contributed by atoms with van der Waals surface area (Å²) in [4.78, 5) is 0. The smallest absolute Gasteiger partial charge is 0.332 e. The average molecular weight is 363 g/mol. The van der Waals surface area contributed by atoms with Crippen LogP contribution in [0.1, 0.15) is 0 Å². The fraction of sp³-hybridized carbons (Fsp3) is 0. The first-order chi connectivity index (χ1) is 12.7. The molecule has 0 saturated carbocycles. The second-order valence-electron chi connectivity index (χ2n) is 5.87. The van der Waals surface area contributed by atoms with E-state index in [-0.39, 0.29) is 5.82 Å². The van der Waals surface area contributed by atoms with Crippen LogP contribution in [-0.2, 0) is 0 Å². The molecule has 0 bridgehead atoms. The van der Waals surface area contributed by atoms with Crippen molar-refractivity contribution in [2.24, 2.45) is 0 Å². The Morgan fingerprint density at radius 3 is 1.96 bits per heavy atom. The van der Waals surface area contributed by atoms with Crippen molar-refractivity contribution in [3.63, 3.8) is 0 Å². The van der Waals surface area contributed by atoms with Crippen molar-refractivity contribution in [2.75, 3.05) is 0 Å². The molecule has 0 aliphatic carbocycles. The first-order valence-corrected chi connectivity index (χ1v) is 8.49. The lowest BCUT2D eigenvalue weighted by atomic mass is 10.1. The summed E-state index contributed by atoms with van der Waals surface area (Å²) in [7, 11) is 0. The minimum absolute atomic E-state index is 0.116. The lowest BCUT2D eigenvalue weighted by Gasteiger charge is -2.07. The van der Waals surface area contributed by atoms with Gasteiger partial charge in [0, 0.05) is 16.1 Å². The van der Waals surface area contributed by atoms with E-state index in [0.29, 0.717) is 22.0 Å². The molecule has 0 amide bonds. The van der Waals surface area contributed by atoms with Crippen molar-refractivity contribution in [2.45, 2.75) is 0 Å². The molecule has 0 atom stereocenters. The van der Waals surface area contributed by atoms with Crippen LogP contribution >= 0.6 is 11.6 Å². The Bertz CT molecular complexity index is 997. The quantitative estimate of drug-likeness (QED) is 0.316. The zero-order chi connectivity index (χ0) is 18.1. The Hall–Kier alpha value is -3.24. The van der Waals surface area contributed by atoms with Gasteiger partial charge >= 0.3 is 5.82 Å². The van der Waals surface area contributed by atoms with Crippen LogP contribution in [0.2, 0.25) is 5.02 Å². The molecule has 26 heavy (non-hydrogen) atoms. The molecule has 0 fully saturated rings. The number of nitrogens with zero attached hydrogens (tertiary/aromatic N) is 2. The largest absolute Gasteiger partial charge is 0.710 e. The monoisotopic (exact) mass is 362 g/mol. The van der Waals surface area contributed by atoms with Crippen molar-refractivity contribution in [1.82, 2.24) is 4.73 Å². The summed E-state index contributed by atoms with van der Waals surface area (Å²) < 4.78 is 1.69. The summed E-state index contributed by atoms with van der Waals surface area (Å²) >= 11 is 6.08. The number of rotatable bonds is 3. The Morgan fingerprint density at radius 1 is 0.769 bits per heavy atom. The maximum absolute atomic E-state index is 13.2. The third-order valence-corrected chi connectivity index (χ3v) is 4.44. The van der Waals surface area contributed by atoms with E-state index in [0.717, 1.165) is 20.6 Å². The Morgan fingerprint density at radius 2 is 1.35 bits per heavy atom. The van der Waals surface area contributed by atoms with Crippen LogP contribution in [-0.4, -0.2) is 9.94 Å². The zero-order valence-electron chi connectivity index (χ0n) is 13.7. The molecule has 4 rings (SSSR count). The van der Waals surface area contributed by atoms with Crippen molar-refractivity contribution < 1.29 is 9.94 Å². The summed E-state index contributed by atoms with van der Waals surface area (Å²) in [5.74, 6) is 0.116. The molecule has 1 heterocycles. The van der Waals surface area contributed by atoms with Gasteiger partial charge < -0.3 is 10.4 Å². The second kappa shape index (κ2) is 6.58. The van der Waals surface area contributed by atoms with Crippen molar-refractivity contribution in [1.29, 1.82) is 0 Å². The lowest BCUT2D eigenvalue weighted by molar-refractivity contribution is -0.582. The van der Waals surface area contributed by atoms with E-state index in [9.17, 15) is 10.4 Å². The van der Waals surface area contributed by atoms with Gasteiger partial charge in [0.25, 0.3) is 0 Å². The van der Waals surface area contributed by atoms with E-state index < -0.39 is 0 Å². The predicted molar refractivity (Wildman–Crippen MR) is 102 cm³/mol. The van der Waals surface area contributed by atoms with Crippen LogP contribution in [0.15, 0.2) is 84.9 Å². The normalized spacial score (nSPS) is 10.8. The van der Waals surface area contributed by atoms with Gasteiger partial charge in [-0.05, 0) is 22.9 Å². The molecule has 128 valence electrons. The zero-order valence-corrected chi connectivity index (χ0v) is 14.5. The standard InChI is InChI=1S/C21H15ClN2O2/c22-18-13-7-12-17(14-18)21-23(25)19(15-8-3-1-4-9-15)20(24(21)26)16-10-5-2-6-11-16/h1-14,25H. The molecule has 1 N–H and O–H groups in total. The molecule has 0 spiro atoms. The fourth-order valence-electron chi connectivity index (χ4n) is 3.07. The minimum Gasteiger partial charge on any atom is -0.710 e. The molecule has 0 radical (unpaired) electrons. The van der Waals surface area contributed by atoms with Gasteiger partial charge in [0.2, 0.25) is 5.69 Å². The van der Waals surface area contributed by atoms with Crippen molar-refractivity contribution >= 4 is 11.6 Å². The highest BCUT2D eigenvalue weighted by molar-refractivity contribution is 6.30. The van der Waals surface area contributed by atoms with Gasteiger partial charge in [0.15, 0.2) is 5.69 Å². The van der Waals surface area contributed by atoms with Gasteiger partial charge in [0.05, 0.1) is 5.56 Å². The van der Waals surface area contributed by atoms with Gasteiger partial charge in [-0.15, -0.1) is 0 Å². The van der Waals surface area contributed by atoms with E-state index in [1.54, 1.807) is 24.3 Å². The van der Waals surface area contributed by atoms with Crippen molar-refractivity contribution in [3.8, 4) is 33.9 Å². The average Bonchev–Trinajstić information content (AvgIpc) is 2.93. The first-order valence-electron chi connectivity index (χ1n) is 8.11. The maximum Gasteiger partial charge on any atom is 0.332 e. The molecule has 4 aromatic rings. The van der Waals surface area contributed by atoms with E-state index in [2.05, 4.69) is 0 Å². The maximum atomic E-state index is 13.2. The number of imidazole rings is 1. The molecular weight excluding hydrogens is 348 g/mol. The first kappa shape index (κ1) is 16.2. The van der Waals surface area contributed by atoms with Crippen LogP contribution in [0.3, 0.4) is 0 Å². The molecule has 0 aliphatic heterocycles. The van der Waals surface area contributed by atoms with Crippen LogP contribution in [0.4, 0.5) is 0 Å². The minimum atomic E-state index is 0.116. The van der Waals surface area contributed by atoms with E-state index >= 15 is 0 Å². The van der Waals surface area contributed by atoms with E-state index in [4.69, 9.17) is 11.6 Å². The fourth-order valence-corrected chi connectivity index (χ4v) is 3.26. The predicted octanol–water partition coefficient (Wildman–Crippen LogP) is 5.01. The van der Waals surface area contributed by atoms with Crippen LogP contribution in [0.5, 0.6) is 0 Å². The highest BCUT2D eigenvalue weighted by atomic mass is 35.5. The number of aromatic nitrogens is 2. The summed E-state index contributed by atoms with van der Waals surface area (Å²) in [5, 5.41) is 24.6. The summed E-state index contributed by atoms with van der Waals surface area (Å²) in [6, 6.07) is 25.5. The van der Waals surface area contributed by atoms with Crippen LogP contribution in [0, 0.1) is 5.21 Å². The highest BCUT2D eigenvalue weighted by Crippen LogP contribution is 2.34. The molecule has 0 saturated heterocycles. The van der Waals surface area contributed by atoms with Crippen LogP contribution in [0.25, 0.3) is 33.9 Å². The van der Waals surface area contributed by atoms with Crippen molar-refractivity contribution in [3.05, 3.63) is 95.2 Å². The molecule has 1 aromatic heterocycles. The Kier molecular flexibility index (Phi) is 4.11. The summed E-state index contributed by atoms with van der Waals surface area (Å²) in [6.07, 6.45) is 0. The third kappa shape index (κ3) is 2.70. The molecule has 4 nitrogen and oxygen atoms in total. The number of halogens is 1. The van der Waals surface area contributed by atoms with Crippen LogP contribution < -0.4 is 4.73 Å². The van der Waals surface area contributed by atoms with Gasteiger partial charge in [0.1, 0.15) is 0 Å². The Labute approximate surface area is 155 Å². The molecular formula is C21H15ClN2O2.